The smallest absolute Gasteiger partial charge is 0.274 e. The minimum Gasteiger partial charge on any atom is -0.493 e. The van der Waals surface area contributed by atoms with Crippen LogP contribution < -0.4 is 4.74 Å². The molecule has 0 unspecified atom stereocenters. The van der Waals surface area contributed by atoms with Crippen molar-refractivity contribution in [1.82, 2.24) is 29.3 Å². The summed E-state index contributed by atoms with van der Waals surface area (Å²) in [6.07, 6.45) is 3.17. The van der Waals surface area contributed by atoms with E-state index in [4.69, 9.17) is 9.72 Å². The number of hydrogen-bond acceptors (Lipinski definition) is 6. The van der Waals surface area contributed by atoms with E-state index in [1.165, 1.54) is 18.3 Å². The third-order valence-electron chi connectivity index (χ3n) is 8.08. The number of aromatic nitrogens is 4. The van der Waals surface area contributed by atoms with E-state index >= 15 is 0 Å². The first-order valence-corrected chi connectivity index (χ1v) is 12.6. The number of benzene rings is 1. The zero-order chi connectivity index (χ0) is 25.8. The Morgan fingerprint density at radius 1 is 1.03 bits per heavy atom. The number of imidazole rings is 1. The first-order chi connectivity index (χ1) is 17.8. The lowest BCUT2D eigenvalue weighted by atomic mass is 9.96. The minimum absolute atomic E-state index is 0.0929. The number of nitrogens with zero attached hydrogens (tertiary/aromatic N) is 6. The number of amides is 2. The van der Waals surface area contributed by atoms with Crippen LogP contribution in [0.25, 0.3) is 11.3 Å². The van der Waals surface area contributed by atoms with Crippen molar-refractivity contribution in [2.75, 3.05) is 32.8 Å². The summed E-state index contributed by atoms with van der Waals surface area (Å²) in [6.45, 7) is 4.56. The van der Waals surface area contributed by atoms with Crippen molar-refractivity contribution in [3.8, 4) is 5.75 Å². The molecule has 9 nitrogen and oxygen atoms in total. The van der Waals surface area contributed by atoms with Crippen molar-refractivity contribution in [2.45, 2.75) is 25.7 Å². The topological polar surface area (TPSA) is 93.5 Å². The van der Waals surface area contributed by atoms with E-state index in [1.54, 1.807) is 11.8 Å². The normalized spacial score (nSPS) is 23.4. The van der Waals surface area contributed by atoms with Crippen LogP contribution in [0.1, 0.15) is 42.0 Å². The highest BCUT2D eigenvalue weighted by molar-refractivity contribution is 5.93. The number of fused-ring (bicyclic) bond motifs is 2. The van der Waals surface area contributed by atoms with E-state index < -0.39 is 11.6 Å². The van der Waals surface area contributed by atoms with Gasteiger partial charge in [0.25, 0.3) is 5.91 Å². The summed E-state index contributed by atoms with van der Waals surface area (Å²) >= 11 is 0. The van der Waals surface area contributed by atoms with Gasteiger partial charge in [0.2, 0.25) is 5.91 Å². The van der Waals surface area contributed by atoms with Gasteiger partial charge in [-0.1, -0.05) is 0 Å². The number of ether oxygens (including phenoxy) is 1. The molecule has 3 aromatic rings. The number of likely N-dealkylation sites (tertiary alicyclic amines) is 2. The molecule has 0 bridgehead atoms. The highest BCUT2D eigenvalue weighted by Crippen LogP contribution is 2.52. The molecule has 1 aromatic carbocycles. The van der Waals surface area contributed by atoms with E-state index in [2.05, 4.69) is 9.97 Å². The molecule has 2 aromatic heterocycles. The van der Waals surface area contributed by atoms with Crippen LogP contribution in [0.5, 0.6) is 5.75 Å². The van der Waals surface area contributed by atoms with E-state index in [9.17, 15) is 18.4 Å². The van der Waals surface area contributed by atoms with Crippen LogP contribution in [0.4, 0.5) is 8.78 Å². The minimum atomic E-state index is -0.667. The molecule has 0 N–H and O–H groups in total. The van der Waals surface area contributed by atoms with Gasteiger partial charge < -0.3 is 19.1 Å². The zero-order valence-corrected chi connectivity index (χ0v) is 20.7. The highest BCUT2D eigenvalue weighted by atomic mass is 19.1. The van der Waals surface area contributed by atoms with Gasteiger partial charge in [0, 0.05) is 70.2 Å². The lowest BCUT2D eigenvalue weighted by molar-refractivity contribution is -0.129. The maximum absolute atomic E-state index is 13.4. The number of halogens is 2. The van der Waals surface area contributed by atoms with Crippen LogP contribution in [-0.4, -0.2) is 73.9 Å². The molecular weight excluding hydrogens is 482 g/mol. The largest absolute Gasteiger partial charge is 0.493 e. The van der Waals surface area contributed by atoms with Gasteiger partial charge in [-0.3, -0.25) is 9.59 Å². The third-order valence-corrected chi connectivity index (χ3v) is 8.08. The van der Waals surface area contributed by atoms with Crippen LogP contribution >= 0.6 is 0 Å². The molecule has 37 heavy (non-hydrogen) atoms. The second kappa shape index (κ2) is 9.04. The van der Waals surface area contributed by atoms with Crippen molar-refractivity contribution < 1.29 is 23.1 Å². The van der Waals surface area contributed by atoms with Gasteiger partial charge in [-0.15, -0.1) is 0 Å². The van der Waals surface area contributed by atoms with Crippen LogP contribution in [-0.2, 0) is 11.8 Å². The molecule has 3 aliphatic rings. The number of hydrogen-bond donors (Lipinski definition) is 0. The lowest BCUT2D eigenvalue weighted by Gasteiger charge is -2.30. The Morgan fingerprint density at radius 2 is 1.70 bits per heavy atom. The molecule has 3 atom stereocenters. The maximum atomic E-state index is 13.4. The van der Waals surface area contributed by atoms with Crippen molar-refractivity contribution >= 4 is 23.1 Å². The Hall–Kier alpha value is -3.63. The van der Waals surface area contributed by atoms with Crippen molar-refractivity contribution in [3.05, 3.63) is 47.5 Å². The molecule has 0 spiro atoms. The first kappa shape index (κ1) is 23.7. The number of carbonyl (C=O) groups excluding carboxylic acids is 2. The van der Waals surface area contributed by atoms with E-state index in [0.717, 1.165) is 24.7 Å². The Labute approximate surface area is 212 Å². The average Bonchev–Trinajstić information content (AvgIpc) is 3.17. The molecule has 0 radical (unpaired) electrons. The average molecular weight is 511 g/mol. The maximum Gasteiger partial charge on any atom is 0.274 e. The summed E-state index contributed by atoms with van der Waals surface area (Å²) in [5, 5.41) is 0. The van der Waals surface area contributed by atoms with Gasteiger partial charge in [-0.2, -0.15) is 0 Å². The van der Waals surface area contributed by atoms with Crippen LogP contribution in [0.2, 0.25) is 0 Å². The fraction of sp³-hybridized carbons (Fsp3) is 0.500. The van der Waals surface area contributed by atoms with Crippen LogP contribution in [0.3, 0.4) is 0 Å². The number of aryl methyl sites for hydroxylation is 1. The van der Waals surface area contributed by atoms with Gasteiger partial charge in [0.05, 0.1) is 12.8 Å². The monoisotopic (exact) mass is 510 g/mol. The Balaban J connectivity index is 1.08. The standard InChI is InChI=1S/C26H28F2N6O3/c1-14(35)33-5-3-15(4-6-33)24-31-23-25(32(24)2)29-10-22(30-23)26(36)34-11-19-20(12-34)21(19)13-37-18-8-16(27)7-17(28)9-18/h7-10,15,19-21H,3-6,11-13H2,1-2H3/t19-,20+,21-. The van der Waals surface area contributed by atoms with E-state index in [-0.39, 0.29) is 35.1 Å². The second-order valence-corrected chi connectivity index (χ2v) is 10.3. The van der Waals surface area contributed by atoms with Gasteiger partial charge >= 0.3 is 0 Å². The highest BCUT2D eigenvalue weighted by Gasteiger charge is 2.57. The first-order valence-electron chi connectivity index (χ1n) is 12.6. The quantitative estimate of drug-likeness (QED) is 0.524. The molecule has 2 aliphatic heterocycles. The van der Waals surface area contributed by atoms with Gasteiger partial charge in [-0.05, 0) is 24.7 Å². The zero-order valence-electron chi connectivity index (χ0n) is 20.7. The van der Waals surface area contributed by atoms with Crippen LogP contribution in [0.15, 0.2) is 24.4 Å². The Bertz CT molecular complexity index is 1350. The summed E-state index contributed by atoms with van der Waals surface area (Å²) in [6, 6.07) is 3.15. The molecule has 1 aliphatic carbocycles. The molecule has 6 rings (SSSR count). The van der Waals surface area contributed by atoms with Gasteiger partial charge in [-0.25, -0.2) is 23.7 Å². The summed E-state index contributed by atoms with van der Waals surface area (Å²) in [7, 11) is 1.91. The molecule has 2 amide bonds. The van der Waals surface area contributed by atoms with Crippen molar-refractivity contribution in [2.24, 2.45) is 24.8 Å². The van der Waals surface area contributed by atoms with E-state index in [1.807, 2.05) is 16.5 Å². The predicted octanol–water partition coefficient (Wildman–Crippen LogP) is 2.76. The van der Waals surface area contributed by atoms with Crippen molar-refractivity contribution in [3.63, 3.8) is 0 Å². The molecular formula is C26H28F2N6O3. The summed E-state index contributed by atoms with van der Waals surface area (Å²) in [4.78, 5) is 42.2. The molecule has 3 fully saturated rings. The van der Waals surface area contributed by atoms with Gasteiger partial charge in [0.1, 0.15) is 28.9 Å². The number of rotatable bonds is 5. The number of piperidine rings is 2. The van der Waals surface area contributed by atoms with Crippen molar-refractivity contribution in [1.29, 1.82) is 0 Å². The summed E-state index contributed by atoms with van der Waals surface area (Å²) < 4.78 is 34.3. The van der Waals surface area contributed by atoms with Gasteiger partial charge in [0.15, 0.2) is 11.3 Å². The fourth-order valence-electron chi connectivity index (χ4n) is 5.93. The second-order valence-electron chi connectivity index (χ2n) is 10.3. The third kappa shape index (κ3) is 4.40. The predicted molar refractivity (Wildman–Crippen MR) is 129 cm³/mol. The van der Waals surface area contributed by atoms with Crippen LogP contribution in [0, 0.1) is 29.4 Å². The Kier molecular flexibility index (Phi) is 5.80. The molecule has 11 heteroatoms. The number of carbonyl (C=O) groups is 2. The summed E-state index contributed by atoms with van der Waals surface area (Å²) in [5.74, 6) is 0.734. The molecule has 1 saturated carbocycles. The molecule has 194 valence electrons. The fourth-order valence-corrected chi connectivity index (χ4v) is 5.93. The summed E-state index contributed by atoms with van der Waals surface area (Å²) in [5.41, 5.74) is 1.36. The molecule has 4 heterocycles. The van der Waals surface area contributed by atoms with E-state index in [0.29, 0.717) is 55.9 Å². The Morgan fingerprint density at radius 3 is 2.35 bits per heavy atom. The SMILES string of the molecule is CC(=O)N1CCC(c2nc3nc(C(=O)N4C[C@@H]5[C@H](COc6cc(F)cc(F)c6)[C@@H]5C4)cnc3n2C)CC1. The molecule has 2 saturated heterocycles. The lowest BCUT2D eigenvalue weighted by Crippen LogP contribution is -2.36.